The minimum absolute atomic E-state index is 1.04. The fraction of sp³-hybridized carbons (Fsp3) is 0.400. The Morgan fingerprint density at radius 2 is 2.33 bits per heavy atom. The van der Waals surface area contributed by atoms with Crippen molar-refractivity contribution in [2.45, 2.75) is 13.3 Å². The van der Waals surface area contributed by atoms with Crippen LogP contribution >= 0.6 is 22.7 Å². The second kappa shape index (κ2) is 4.28. The van der Waals surface area contributed by atoms with Crippen molar-refractivity contribution < 1.29 is 4.57 Å². The molecule has 0 saturated heterocycles. The standard InChI is InChI=1S/C10H14N3S2/c1-4-8-7-13(3)10(15-8)11-9-12(2)5-6-14-9/h5-7H,4H2,1-3H3/q+1. The number of hydrogen-bond donors (Lipinski definition) is 0. The summed E-state index contributed by atoms with van der Waals surface area (Å²) in [7, 11) is 4.06. The van der Waals surface area contributed by atoms with Gasteiger partial charge >= 0.3 is 9.93 Å². The van der Waals surface area contributed by atoms with E-state index in [-0.39, 0.29) is 0 Å². The van der Waals surface area contributed by atoms with Crippen molar-refractivity contribution in [3.63, 3.8) is 0 Å². The quantitative estimate of drug-likeness (QED) is 0.714. The van der Waals surface area contributed by atoms with Crippen molar-refractivity contribution in [2.24, 2.45) is 19.1 Å². The maximum Gasteiger partial charge on any atom is 0.385 e. The Balaban J connectivity index is 2.48. The van der Waals surface area contributed by atoms with Crippen LogP contribution in [-0.2, 0) is 20.5 Å². The van der Waals surface area contributed by atoms with E-state index in [4.69, 9.17) is 0 Å². The van der Waals surface area contributed by atoms with Gasteiger partial charge in [0, 0.05) is 23.6 Å². The van der Waals surface area contributed by atoms with Crippen molar-refractivity contribution in [1.82, 2.24) is 4.57 Å². The molecule has 0 spiro atoms. The predicted molar refractivity (Wildman–Crippen MR) is 63.4 cm³/mol. The minimum Gasteiger partial charge on any atom is -0.306 e. The molecule has 0 aromatic carbocycles. The molecule has 15 heavy (non-hydrogen) atoms. The SMILES string of the molecule is CCc1c[n+](C)c(N=c2sccn2C)s1. The molecule has 2 aromatic heterocycles. The van der Waals surface area contributed by atoms with E-state index in [0.717, 1.165) is 16.4 Å². The summed E-state index contributed by atoms with van der Waals surface area (Å²) in [4.78, 5) is 7.04. The lowest BCUT2D eigenvalue weighted by Crippen LogP contribution is -2.25. The van der Waals surface area contributed by atoms with Crippen LogP contribution in [0.4, 0.5) is 5.13 Å². The molecule has 0 N–H and O–H groups in total. The highest BCUT2D eigenvalue weighted by Gasteiger charge is 2.11. The number of aromatic nitrogens is 2. The molecule has 3 nitrogen and oxygen atoms in total. The van der Waals surface area contributed by atoms with Gasteiger partial charge in [0.05, 0.1) is 11.9 Å². The van der Waals surface area contributed by atoms with Crippen LogP contribution in [-0.4, -0.2) is 4.57 Å². The van der Waals surface area contributed by atoms with Crippen molar-refractivity contribution in [2.75, 3.05) is 0 Å². The molecule has 0 unspecified atom stereocenters. The normalized spacial score (nSPS) is 12.3. The molecule has 0 amide bonds. The first kappa shape index (κ1) is 10.6. The van der Waals surface area contributed by atoms with Crippen molar-refractivity contribution in [3.05, 3.63) is 27.5 Å². The average molecular weight is 240 g/mol. The van der Waals surface area contributed by atoms with E-state index in [9.17, 15) is 0 Å². The Hall–Kier alpha value is -0.940. The number of nitrogens with zero attached hydrogens (tertiary/aromatic N) is 3. The van der Waals surface area contributed by atoms with Crippen molar-refractivity contribution in [1.29, 1.82) is 0 Å². The summed E-state index contributed by atoms with van der Waals surface area (Å²) in [5.74, 6) is 0. The predicted octanol–water partition coefficient (Wildman–Crippen LogP) is 1.77. The summed E-state index contributed by atoms with van der Waals surface area (Å²) in [5.41, 5.74) is 0. The fourth-order valence-corrected chi connectivity index (χ4v) is 2.98. The molecule has 0 radical (unpaired) electrons. The zero-order chi connectivity index (χ0) is 10.8. The van der Waals surface area contributed by atoms with Gasteiger partial charge in [0.2, 0.25) is 0 Å². The molecule has 0 aliphatic heterocycles. The number of aryl methyl sites for hydroxylation is 3. The van der Waals surface area contributed by atoms with Gasteiger partial charge in [-0.15, -0.1) is 0 Å². The Morgan fingerprint density at radius 3 is 2.87 bits per heavy atom. The molecule has 0 saturated carbocycles. The summed E-state index contributed by atoms with van der Waals surface area (Å²) in [6, 6.07) is 0. The summed E-state index contributed by atoms with van der Waals surface area (Å²) < 4.78 is 4.12. The molecule has 0 aliphatic carbocycles. The molecular weight excluding hydrogens is 226 g/mol. The molecule has 80 valence electrons. The fourth-order valence-electron chi connectivity index (χ4n) is 1.27. The maximum absolute atomic E-state index is 4.63. The van der Waals surface area contributed by atoms with Crippen LogP contribution in [0.15, 0.2) is 22.8 Å². The molecule has 0 fully saturated rings. The van der Waals surface area contributed by atoms with Crippen LogP contribution in [0.25, 0.3) is 0 Å². The molecule has 0 aliphatic rings. The molecule has 2 rings (SSSR count). The van der Waals surface area contributed by atoms with Gasteiger partial charge in [-0.25, -0.2) is 4.57 Å². The second-order valence-corrected chi connectivity index (χ2v) is 5.32. The Morgan fingerprint density at radius 1 is 1.53 bits per heavy atom. The van der Waals surface area contributed by atoms with E-state index in [1.165, 1.54) is 4.88 Å². The Kier molecular flexibility index (Phi) is 3.02. The Labute approximate surface area is 97.0 Å². The van der Waals surface area contributed by atoms with E-state index < -0.39 is 0 Å². The monoisotopic (exact) mass is 240 g/mol. The van der Waals surface area contributed by atoms with E-state index >= 15 is 0 Å². The van der Waals surface area contributed by atoms with Gasteiger partial charge in [-0.05, 0) is 17.8 Å². The Bertz CT molecular complexity index is 519. The number of rotatable bonds is 2. The van der Waals surface area contributed by atoms with Gasteiger partial charge in [0.25, 0.3) is 0 Å². The first-order valence-corrected chi connectivity index (χ1v) is 6.53. The highest BCUT2D eigenvalue weighted by molar-refractivity contribution is 7.14. The zero-order valence-electron chi connectivity index (χ0n) is 9.10. The third-order valence-corrected chi connectivity index (χ3v) is 4.23. The van der Waals surface area contributed by atoms with Crippen LogP contribution in [0.2, 0.25) is 0 Å². The highest BCUT2D eigenvalue weighted by atomic mass is 32.1. The third-order valence-electron chi connectivity index (χ3n) is 2.16. The average Bonchev–Trinajstić information content (AvgIpc) is 2.76. The van der Waals surface area contributed by atoms with Crippen LogP contribution < -0.4 is 9.37 Å². The topological polar surface area (TPSA) is 21.2 Å². The first-order valence-electron chi connectivity index (χ1n) is 4.84. The number of thiazole rings is 2. The van der Waals surface area contributed by atoms with Crippen molar-refractivity contribution >= 4 is 27.8 Å². The van der Waals surface area contributed by atoms with Crippen molar-refractivity contribution in [3.8, 4) is 0 Å². The van der Waals surface area contributed by atoms with E-state index in [1.807, 2.05) is 30.2 Å². The van der Waals surface area contributed by atoms with Gasteiger partial charge in [-0.2, -0.15) is 0 Å². The molecule has 5 heteroatoms. The zero-order valence-corrected chi connectivity index (χ0v) is 10.7. The first-order chi connectivity index (χ1) is 7.20. The molecule has 2 heterocycles. The highest BCUT2D eigenvalue weighted by Crippen LogP contribution is 2.18. The maximum atomic E-state index is 4.63. The molecule has 0 bridgehead atoms. The van der Waals surface area contributed by atoms with Crippen LogP contribution in [0.5, 0.6) is 0 Å². The van der Waals surface area contributed by atoms with E-state index in [1.54, 1.807) is 22.7 Å². The van der Waals surface area contributed by atoms with E-state index in [2.05, 4.69) is 22.7 Å². The van der Waals surface area contributed by atoms with Gasteiger partial charge in [-0.1, -0.05) is 18.3 Å². The lowest BCUT2D eigenvalue weighted by molar-refractivity contribution is -0.654. The minimum atomic E-state index is 1.04. The summed E-state index contributed by atoms with van der Waals surface area (Å²) >= 11 is 3.42. The smallest absolute Gasteiger partial charge is 0.306 e. The summed E-state index contributed by atoms with van der Waals surface area (Å²) in [6.45, 7) is 2.17. The lowest BCUT2D eigenvalue weighted by atomic mass is 10.4. The molecular formula is C10H14N3S2+. The van der Waals surface area contributed by atoms with Crippen LogP contribution in [0.1, 0.15) is 11.8 Å². The van der Waals surface area contributed by atoms with Gasteiger partial charge in [0.1, 0.15) is 6.20 Å². The third kappa shape index (κ3) is 2.18. The molecule has 0 atom stereocenters. The number of hydrogen-bond acceptors (Lipinski definition) is 3. The lowest BCUT2D eigenvalue weighted by Gasteiger charge is -1.83. The van der Waals surface area contributed by atoms with Gasteiger partial charge in [-0.3, -0.25) is 0 Å². The van der Waals surface area contributed by atoms with Gasteiger partial charge < -0.3 is 4.57 Å². The second-order valence-electron chi connectivity index (χ2n) is 3.35. The van der Waals surface area contributed by atoms with Gasteiger partial charge in [0.15, 0.2) is 0 Å². The van der Waals surface area contributed by atoms with E-state index in [0.29, 0.717) is 0 Å². The largest absolute Gasteiger partial charge is 0.385 e. The molecule has 2 aromatic rings. The summed E-state index contributed by atoms with van der Waals surface area (Å²) in [6.07, 6.45) is 5.25. The van der Waals surface area contributed by atoms with Crippen LogP contribution in [0.3, 0.4) is 0 Å². The van der Waals surface area contributed by atoms with Crippen LogP contribution in [0, 0.1) is 0 Å². The summed E-state index contributed by atoms with van der Waals surface area (Å²) in [5, 5.41) is 3.11.